The van der Waals surface area contributed by atoms with Crippen LogP contribution in [0.4, 0.5) is 0 Å². The van der Waals surface area contributed by atoms with E-state index >= 15 is 0 Å². The Bertz CT molecular complexity index is 268. The smallest absolute Gasteiger partial charge is 0.0101 e. The van der Waals surface area contributed by atoms with Crippen LogP contribution in [0.3, 0.4) is 0 Å². The van der Waals surface area contributed by atoms with Gasteiger partial charge < -0.3 is 11.1 Å². The minimum Gasteiger partial charge on any atom is -0.327 e. The maximum absolute atomic E-state index is 6.29. The lowest BCUT2D eigenvalue weighted by Crippen LogP contribution is -2.54. The minimum atomic E-state index is 0.470. The van der Waals surface area contributed by atoms with Crippen LogP contribution in [0.25, 0.3) is 0 Å². The normalized spacial score (nSPS) is 54.9. The Morgan fingerprint density at radius 1 is 1.06 bits per heavy atom. The van der Waals surface area contributed by atoms with Crippen LogP contribution in [0.15, 0.2) is 0 Å². The van der Waals surface area contributed by atoms with Gasteiger partial charge in [0.15, 0.2) is 0 Å². The summed E-state index contributed by atoms with van der Waals surface area (Å²) >= 11 is 0. The predicted molar refractivity (Wildman–Crippen MR) is 71.6 cm³/mol. The van der Waals surface area contributed by atoms with Crippen LogP contribution >= 0.6 is 0 Å². The van der Waals surface area contributed by atoms with Gasteiger partial charge in [-0.15, -0.1) is 0 Å². The highest BCUT2D eigenvalue weighted by atomic mass is 14.9. The van der Waals surface area contributed by atoms with Crippen molar-refractivity contribution in [1.29, 1.82) is 0 Å². The Morgan fingerprint density at radius 2 is 1.88 bits per heavy atom. The van der Waals surface area contributed by atoms with Crippen LogP contribution in [0, 0.1) is 29.6 Å². The van der Waals surface area contributed by atoms with Gasteiger partial charge >= 0.3 is 0 Å². The van der Waals surface area contributed by atoms with Gasteiger partial charge in [0.2, 0.25) is 0 Å². The fourth-order valence-corrected chi connectivity index (χ4v) is 4.66. The highest BCUT2D eigenvalue weighted by Gasteiger charge is 2.50. The SMILES string of the molecule is C[C@@H]1CC[C@H](C2C3CC[C@@H](N)[C@@H](C)[C@H]2C3)NC1. The van der Waals surface area contributed by atoms with Crippen molar-refractivity contribution >= 4 is 0 Å². The maximum atomic E-state index is 6.29. The molecule has 0 aromatic rings. The fourth-order valence-electron chi connectivity index (χ4n) is 4.66. The summed E-state index contributed by atoms with van der Waals surface area (Å²) in [6, 6.07) is 1.28. The van der Waals surface area contributed by atoms with E-state index in [1.807, 2.05) is 0 Å². The molecule has 0 radical (unpaired) electrons. The number of rotatable bonds is 1. The van der Waals surface area contributed by atoms with E-state index < -0.39 is 0 Å². The number of hydrogen-bond donors (Lipinski definition) is 2. The third-order valence-electron chi connectivity index (χ3n) is 6.00. The molecule has 3 aliphatic rings. The number of nitrogens with two attached hydrogens (primary N) is 1. The molecule has 98 valence electrons. The van der Waals surface area contributed by atoms with Gasteiger partial charge in [0.1, 0.15) is 0 Å². The monoisotopic (exact) mass is 236 g/mol. The van der Waals surface area contributed by atoms with E-state index in [0.717, 1.165) is 35.6 Å². The zero-order valence-electron chi connectivity index (χ0n) is 11.4. The second-order valence-corrected chi connectivity index (χ2v) is 7.03. The van der Waals surface area contributed by atoms with Crippen molar-refractivity contribution in [3.63, 3.8) is 0 Å². The predicted octanol–water partition coefficient (Wildman–Crippen LogP) is 2.38. The van der Waals surface area contributed by atoms with Crippen molar-refractivity contribution in [1.82, 2.24) is 5.32 Å². The first kappa shape index (κ1) is 12.0. The first-order valence-corrected chi connectivity index (χ1v) is 7.65. The summed E-state index contributed by atoms with van der Waals surface area (Å²) in [5.74, 6) is 4.49. The third-order valence-corrected chi connectivity index (χ3v) is 6.00. The average molecular weight is 236 g/mol. The highest BCUT2D eigenvalue weighted by molar-refractivity contribution is 5.03. The van der Waals surface area contributed by atoms with Gasteiger partial charge in [0.25, 0.3) is 0 Å². The zero-order valence-corrected chi connectivity index (χ0v) is 11.4. The molecule has 7 atom stereocenters. The highest BCUT2D eigenvalue weighted by Crippen LogP contribution is 2.53. The van der Waals surface area contributed by atoms with Gasteiger partial charge in [-0.25, -0.2) is 0 Å². The molecule has 1 aliphatic heterocycles. The van der Waals surface area contributed by atoms with Crippen molar-refractivity contribution in [2.45, 2.75) is 58.0 Å². The molecule has 2 bridgehead atoms. The van der Waals surface area contributed by atoms with Crippen LogP contribution in [-0.2, 0) is 0 Å². The Morgan fingerprint density at radius 3 is 2.59 bits per heavy atom. The second kappa shape index (κ2) is 4.55. The third kappa shape index (κ3) is 2.04. The van der Waals surface area contributed by atoms with Gasteiger partial charge in [-0.3, -0.25) is 0 Å². The molecule has 0 aromatic heterocycles. The lowest BCUT2D eigenvalue weighted by Gasteiger charge is -2.51. The van der Waals surface area contributed by atoms with Crippen molar-refractivity contribution in [3.8, 4) is 0 Å². The molecule has 0 amide bonds. The quantitative estimate of drug-likeness (QED) is 0.733. The summed E-state index contributed by atoms with van der Waals surface area (Å²) in [5, 5.41) is 3.82. The Hall–Kier alpha value is -0.0800. The Kier molecular flexibility index (Phi) is 3.20. The fraction of sp³-hybridized carbons (Fsp3) is 1.00. The molecule has 2 saturated carbocycles. The van der Waals surface area contributed by atoms with Crippen molar-refractivity contribution < 1.29 is 0 Å². The second-order valence-electron chi connectivity index (χ2n) is 7.03. The molecule has 3 N–H and O–H groups in total. The summed E-state index contributed by atoms with van der Waals surface area (Å²) in [5.41, 5.74) is 6.29. The van der Waals surface area contributed by atoms with Crippen molar-refractivity contribution in [3.05, 3.63) is 0 Å². The summed E-state index contributed by atoms with van der Waals surface area (Å²) in [6.45, 7) is 6.01. The first-order chi connectivity index (χ1) is 8.16. The summed E-state index contributed by atoms with van der Waals surface area (Å²) in [7, 11) is 0. The first-order valence-electron chi connectivity index (χ1n) is 7.65. The van der Waals surface area contributed by atoms with E-state index in [4.69, 9.17) is 5.73 Å². The molecule has 2 aliphatic carbocycles. The number of piperidine rings is 1. The maximum Gasteiger partial charge on any atom is 0.0101 e. The van der Waals surface area contributed by atoms with Gasteiger partial charge in [-0.2, -0.15) is 0 Å². The van der Waals surface area contributed by atoms with E-state index in [0.29, 0.717) is 6.04 Å². The Labute approximate surface area is 106 Å². The molecule has 2 nitrogen and oxygen atoms in total. The van der Waals surface area contributed by atoms with Crippen LogP contribution in [0.5, 0.6) is 0 Å². The summed E-state index contributed by atoms with van der Waals surface area (Å²) < 4.78 is 0. The molecular weight excluding hydrogens is 208 g/mol. The molecule has 2 heteroatoms. The number of fused-ring (bicyclic) bond motifs is 2. The standard InChI is InChI=1S/C15H28N2/c1-9-3-6-14(17-8-9)15-11-4-5-13(16)10(2)12(15)7-11/h9-15,17H,3-8,16H2,1-2H3/t9-,10+,11?,12-,13-,14-,15?/m1/s1. The topological polar surface area (TPSA) is 38.0 Å². The number of nitrogens with one attached hydrogen (secondary N) is 1. The molecule has 3 fully saturated rings. The molecular formula is C15H28N2. The molecule has 1 heterocycles. The summed E-state index contributed by atoms with van der Waals surface area (Å²) in [4.78, 5) is 0. The Balaban J connectivity index is 1.68. The minimum absolute atomic E-state index is 0.470. The molecule has 0 spiro atoms. The van der Waals surface area contributed by atoms with Gasteiger partial charge in [0.05, 0.1) is 0 Å². The largest absolute Gasteiger partial charge is 0.327 e. The summed E-state index contributed by atoms with van der Waals surface area (Å²) in [6.07, 6.45) is 6.95. The zero-order chi connectivity index (χ0) is 12.0. The van der Waals surface area contributed by atoms with Crippen molar-refractivity contribution in [2.75, 3.05) is 6.54 Å². The van der Waals surface area contributed by atoms with Gasteiger partial charge in [0, 0.05) is 12.1 Å². The van der Waals surface area contributed by atoms with Gasteiger partial charge in [-0.1, -0.05) is 13.8 Å². The molecule has 3 rings (SSSR count). The van der Waals surface area contributed by atoms with E-state index in [9.17, 15) is 0 Å². The van der Waals surface area contributed by atoms with Crippen LogP contribution < -0.4 is 11.1 Å². The molecule has 0 aromatic carbocycles. The van der Waals surface area contributed by atoms with Crippen molar-refractivity contribution in [2.24, 2.45) is 35.3 Å². The lowest BCUT2D eigenvalue weighted by molar-refractivity contribution is 0.000575. The number of hydrogen-bond acceptors (Lipinski definition) is 2. The molecule has 1 saturated heterocycles. The van der Waals surface area contributed by atoms with Crippen LogP contribution in [0.1, 0.15) is 46.0 Å². The lowest BCUT2D eigenvalue weighted by atomic mass is 9.57. The van der Waals surface area contributed by atoms with Crippen LogP contribution in [0.2, 0.25) is 0 Å². The molecule has 17 heavy (non-hydrogen) atoms. The van der Waals surface area contributed by atoms with E-state index in [1.165, 1.54) is 38.6 Å². The van der Waals surface area contributed by atoms with E-state index in [-0.39, 0.29) is 0 Å². The van der Waals surface area contributed by atoms with Gasteiger partial charge in [-0.05, 0) is 68.2 Å². The average Bonchev–Trinajstić information content (AvgIpc) is 2.50. The van der Waals surface area contributed by atoms with E-state index in [1.54, 1.807) is 0 Å². The molecule has 2 unspecified atom stereocenters. The van der Waals surface area contributed by atoms with Crippen LogP contribution in [-0.4, -0.2) is 18.6 Å². The van der Waals surface area contributed by atoms with E-state index in [2.05, 4.69) is 19.2 Å².